The monoisotopic (exact) mass is 409 g/mol. The number of rotatable bonds is 10. The van der Waals surface area contributed by atoms with Gasteiger partial charge in [-0.2, -0.15) is 15.3 Å². The molecule has 0 saturated heterocycles. The Hall–Kier alpha value is -3.41. The molecule has 0 amide bonds. The number of nitriles is 1. The van der Waals surface area contributed by atoms with Crippen LogP contribution in [0.1, 0.15) is 33.6 Å². The first-order chi connectivity index (χ1) is 14.5. The second kappa shape index (κ2) is 9.87. The van der Waals surface area contributed by atoms with Gasteiger partial charge in [-0.15, -0.1) is 0 Å². The van der Waals surface area contributed by atoms with Crippen LogP contribution >= 0.6 is 0 Å². The van der Waals surface area contributed by atoms with Crippen LogP contribution in [0.3, 0.4) is 0 Å². The van der Waals surface area contributed by atoms with E-state index in [4.69, 9.17) is 10.00 Å². The van der Waals surface area contributed by atoms with Crippen LogP contribution in [0.2, 0.25) is 0 Å². The van der Waals surface area contributed by atoms with Crippen molar-refractivity contribution in [3.05, 3.63) is 30.9 Å². The smallest absolute Gasteiger partial charge is 0.327 e. The van der Waals surface area contributed by atoms with Crippen LogP contribution in [0.4, 0.5) is 11.6 Å². The van der Waals surface area contributed by atoms with Gasteiger partial charge < -0.3 is 14.6 Å². The number of carbonyl (C=O) groups excluding carboxylic acids is 1. The standard InChI is InChI=1S/C21H27N7O2/c1-4-16(15(2)3)12-27-8-6-17-10-23-21(26-20(17)27)25-18-11-24-28(13-18)14-19(29)30-9-5-7-22/h6,8,10-11,13,15-16H,4-5,9,12,14H2,1-3H3,(H,23,25,26). The largest absolute Gasteiger partial charge is 0.463 e. The Kier molecular flexibility index (Phi) is 7.01. The van der Waals surface area contributed by atoms with E-state index >= 15 is 0 Å². The summed E-state index contributed by atoms with van der Waals surface area (Å²) in [7, 11) is 0. The third-order valence-corrected chi connectivity index (χ3v) is 5.06. The van der Waals surface area contributed by atoms with E-state index in [2.05, 4.69) is 51.9 Å². The van der Waals surface area contributed by atoms with Gasteiger partial charge in [0.1, 0.15) is 18.8 Å². The topological polar surface area (TPSA) is 111 Å². The molecule has 1 atom stereocenters. The number of fused-ring (bicyclic) bond motifs is 1. The van der Waals surface area contributed by atoms with Crippen molar-refractivity contribution in [1.29, 1.82) is 5.26 Å². The summed E-state index contributed by atoms with van der Waals surface area (Å²) in [5.74, 6) is 1.21. The molecule has 3 aromatic rings. The molecule has 3 rings (SSSR count). The van der Waals surface area contributed by atoms with Crippen molar-refractivity contribution in [1.82, 2.24) is 24.3 Å². The van der Waals surface area contributed by atoms with Crippen LogP contribution in [-0.4, -0.2) is 36.9 Å². The van der Waals surface area contributed by atoms with Crippen molar-refractivity contribution < 1.29 is 9.53 Å². The Morgan fingerprint density at radius 1 is 1.37 bits per heavy atom. The molecule has 0 aliphatic heterocycles. The van der Waals surface area contributed by atoms with Gasteiger partial charge in [-0.05, 0) is 17.9 Å². The molecule has 9 nitrogen and oxygen atoms in total. The highest BCUT2D eigenvalue weighted by Crippen LogP contribution is 2.22. The lowest BCUT2D eigenvalue weighted by Crippen LogP contribution is -2.15. The molecule has 0 radical (unpaired) electrons. The van der Waals surface area contributed by atoms with E-state index in [1.165, 1.54) is 4.68 Å². The van der Waals surface area contributed by atoms with E-state index < -0.39 is 5.97 Å². The fourth-order valence-corrected chi connectivity index (χ4v) is 3.27. The van der Waals surface area contributed by atoms with Gasteiger partial charge >= 0.3 is 5.97 Å². The predicted octanol–water partition coefficient (Wildman–Crippen LogP) is 3.51. The first-order valence-electron chi connectivity index (χ1n) is 10.1. The zero-order chi connectivity index (χ0) is 21.5. The molecule has 0 saturated carbocycles. The molecule has 0 aliphatic rings. The van der Waals surface area contributed by atoms with E-state index in [0.717, 1.165) is 24.0 Å². The number of anilines is 2. The molecule has 0 aliphatic carbocycles. The molecule has 3 aromatic heterocycles. The fraction of sp³-hybridized carbons (Fsp3) is 0.476. The number of nitrogens with one attached hydrogen (secondary N) is 1. The van der Waals surface area contributed by atoms with Crippen LogP contribution in [-0.2, 0) is 22.6 Å². The zero-order valence-corrected chi connectivity index (χ0v) is 17.6. The average Bonchev–Trinajstić information content (AvgIpc) is 3.32. The summed E-state index contributed by atoms with van der Waals surface area (Å²) in [4.78, 5) is 20.8. The molecule has 158 valence electrons. The van der Waals surface area contributed by atoms with E-state index in [1.807, 2.05) is 12.1 Å². The van der Waals surface area contributed by atoms with E-state index in [9.17, 15) is 4.79 Å². The quantitative estimate of drug-likeness (QED) is 0.403. The maximum absolute atomic E-state index is 11.7. The van der Waals surface area contributed by atoms with Crippen LogP contribution in [0.5, 0.6) is 0 Å². The van der Waals surface area contributed by atoms with Crippen molar-refractivity contribution in [3.63, 3.8) is 0 Å². The van der Waals surface area contributed by atoms with Gasteiger partial charge in [-0.3, -0.25) is 9.48 Å². The van der Waals surface area contributed by atoms with Crippen LogP contribution in [0.25, 0.3) is 11.0 Å². The Morgan fingerprint density at radius 2 is 2.20 bits per heavy atom. The first kappa shape index (κ1) is 21.3. The van der Waals surface area contributed by atoms with Crippen molar-refractivity contribution in [2.45, 2.75) is 46.7 Å². The lowest BCUT2D eigenvalue weighted by atomic mass is 9.93. The summed E-state index contributed by atoms with van der Waals surface area (Å²) in [5.41, 5.74) is 1.56. The fourth-order valence-electron chi connectivity index (χ4n) is 3.27. The zero-order valence-electron chi connectivity index (χ0n) is 17.6. The van der Waals surface area contributed by atoms with Gasteiger partial charge in [-0.1, -0.05) is 27.2 Å². The van der Waals surface area contributed by atoms with Crippen molar-refractivity contribution in [3.8, 4) is 6.07 Å². The highest BCUT2D eigenvalue weighted by molar-refractivity contribution is 5.76. The molecule has 0 spiro atoms. The summed E-state index contributed by atoms with van der Waals surface area (Å²) in [6.45, 7) is 7.70. The van der Waals surface area contributed by atoms with Crippen LogP contribution in [0.15, 0.2) is 30.9 Å². The minimum atomic E-state index is -0.439. The van der Waals surface area contributed by atoms with E-state index in [0.29, 0.717) is 23.5 Å². The van der Waals surface area contributed by atoms with Crippen molar-refractivity contribution >= 4 is 28.6 Å². The summed E-state index contributed by atoms with van der Waals surface area (Å²) in [5, 5.41) is 16.8. The molecule has 0 fully saturated rings. The van der Waals surface area contributed by atoms with Gasteiger partial charge in [0.15, 0.2) is 0 Å². The summed E-state index contributed by atoms with van der Waals surface area (Å²) >= 11 is 0. The number of hydrogen-bond acceptors (Lipinski definition) is 7. The second-order valence-corrected chi connectivity index (χ2v) is 7.53. The second-order valence-electron chi connectivity index (χ2n) is 7.53. The number of hydrogen-bond donors (Lipinski definition) is 1. The number of carbonyl (C=O) groups is 1. The van der Waals surface area contributed by atoms with Crippen molar-refractivity contribution in [2.75, 3.05) is 11.9 Å². The SMILES string of the molecule is CCC(Cn1ccc2cnc(Nc3cnn(CC(=O)OCCC#N)c3)nc21)C(C)C. The molecule has 1 N–H and O–H groups in total. The summed E-state index contributed by atoms with van der Waals surface area (Å²) < 4.78 is 8.60. The molecule has 1 unspecified atom stereocenters. The molecule has 30 heavy (non-hydrogen) atoms. The lowest BCUT2D eigenvalue weighted by Gasteiger charge is -2.20. The van der Waals surface area contributed by atoms with Gasteiger partial charge in [0.25, 0.3) is 0 Å². The van der Waals surface area contributed by atoms with E-state index in [1.54, 1.807) is 18.6 Å². The Labute approximate surface area is 175 Å². The molecular formula is C21H27N7O2. The molecular weight excluding hydrogens is 382 g/mol. The van der Waals surface area contributed by atoms with Crippen LogP contribution in [0, 0.1) is 23.2 Å². The number of nitrogens with zero attached hydrogens (tertiary/aromatic N) is 6. The highest BCUT2D eigenvalue weighted by atomic mass is 16.5. The Morgan fingerprint density at radius 3 is 2.93 bits per heavy atom. The molecule has 0 aromatic carbocycles. The van der Waals surface area contributed by atoms with E-state index in [-0.39, 0.29) is 19.6 Å². The van der Waals surface area contributed by atoms with Crippen LogP contribution < -0.4 is 5.32 Å². The van der Waals surface area contributed by atoms with Gasteiger partial charge in [0.2, 0.25) is 5.95 Å². The van der Waals surface area contributed by atoms with Gasteiger partial charge in [-0.25, -0.2) is 4.98 Å². The lowest BCUT2D eigenvalue weighted by molar-refractivity contribution is -0.144. The third-order valence-electron chi connectivity index (χ3n) is 5.06. The Balaban J connectivity index is 1.68. The number of ether oxygens (including phenoxy) is 1. The first-order valence-corrected chi connectivity index (χ1v) is 10.1. The summed E-state index contributed by atoms with van der Waals surface area (Å²) in [6, 6.07) is 3.96. The maximum atomic E-state index is 11.7. The maximum Gasteiger partial charge on any atom is 0.327 e. The molecule has 0 bridgehead atoms. The van der Waals surface area contributed by atoms with Crippen molar-refractivity contribution in [2.24, 2.45) is 11.8 Å². The number of aromatic nitrogens is 5. The highest BCUT2D eigenvalue weighted by Gasteiger charge is 2.14. The predicted molar refractivity (Wildman–Crippen MR) is 113 cm³/mol. The minimum Gasteiger partial charge on any atom is -0.463 e. The normalized spacial score (nSPS) is 12.1. The summed E-state index contributed by atoms with van der Waals surface area (Å²) in [6.07, 6.45) is 8.44. The third kappa shape index (κ3) is 5.35. The Bertz CT molecular complexity index is 1030. The number of esters is 1. The molecule has 3 heterocycles. The van der Waals surface area contributed by atoms with Gasteiger partial charge in [0.05, 0.1) is 24.4 Å². The average molecular weight is 409 g/mol. The molecule has 9 heteroatoms. The minimum absolute atomic E-state index is 0.0243. The van der Waals surface area contributed by atoms with Gasteiger partial charge in [0, 0.05) is 30.5 Å².